The Morgan fingerprint density at radius 2 is 1.89 bits per heavy atom. The van der Waals surface area contributed by atoms with Gasteiger partial charge in [-0.15, -0.1) is 6.42 Å². The highest BCUT2D eigenvalue weighted by molar-refractivity contribution is 7.16. The normalized spacial score (nSPS) is 11.8. The molecule has 0 aliphatic heterocycles. The molecule has 1 amide bonds. The number of carbonyl (C=O) groups is 1. The third-order valence-electron chi connectivity index (χ3n) is 4.14. The number of benzene rings is 3. The Labute approximate surface area is 169 Å². The molecule has 0 fully saturated rings. The average Bonchev–Trinajstić information content (AvgIpc) is 2.98. The zero-order chi connectivity index (χ0) is 19.0. The van der Waals surface area contributed by atoms with Gasteiger partial charge in [-0.1, -0.05) is 70.8 Å². The molecule has 6 heteroatoms. The summed E-state index contributed by atoms with van der Waals surface area (Å²) < 4.78 is 2.59. The highest BCUT2D eigenvalue weighted by Crippen LogP contribution is 2.29. The first kappa shape index (κ1) is 17.8. The fourth-order valence-corrected chi connectivity index (χ4v) is 4.74. The van der Waals surface area contributed by atoms with Crippen LogP contribution in [-0.4, -0.2) is 10.5 Å². The molecule has 0 spiro atoms. The molecule has 4 rings (SSSR count). The predicted molar refractivity (Wildman–Crippen MR) is 113 cm³/mol. The number of rotatable bonds is 2. The van der Waals surface area contributed by atoms with Gasteiger partial charge in [0.25, 0.3) is 5.91 Å². The number of hydrogen-bond donors (Lipinski definition) is 0. The molecule has 27 heavy (non-hydrogen) atoms. The lowest BCUT2D eigenvalue weighted by molar-refractivity contribution is 0.0998. The number of thiazole rings is 1. The predicted octanol–water partition coefficient (Wildman–Crippen LogP) is 5.54. The van der Waals surface area contributed by atoms with Crippen LogP contribution in [0.1, 0.15) is 10.4 Å². The van der Waals surface area contributed by atoms with Crippen molar-refractivity contribution in [2.75, 3.05) is 0 Å². The van der Waals surface area contributed by atoms with Crippen LogP contribution in [0.2, 0.25) is 10.0 Å². The molecule has 0 unspecified atom stereocenters. The second-order valence-corrected chi connectivity index (χ2v) is 7.74. The van der Waals surface area contributed by atoms with Crippen molar-refractivity contribution in [3.63, 3.8) is 0 Å². The minimum Gasteiger partial charge on any atom is -0.303 e. The lowest BCUT2D eigenvalue weighted by Gasteiger charge is -2.03. The van der Waals surface area contributed by atoms with Crippen LogP contribution in [0, 0.1) is 12.3 Å². The summed E-state index contributed by atoms with van der Waals surface area (Å²) >= 11 is 13.8. The van der Waals surface area contributed by atoms with Gasteiger partial charge in [0, 0.05) is 10.6 Å². The Kier molecular flexibility index (Phi) is 4.75. The summed E-state index contributed by atoms with van der Waals surface area (Å²) in [6.07, 6.45) is 5.50. The molecule has 0 aliphatic carbocycles. The zero-order valence-electron chi connectivity index (χ0n) is 13.9. The number of hydrogen-bond acceptors (Lipinski definition) is 2. The van der Waals surface area contributed by atoms with E-state index in [1.54, 1.807) is 22.8 Å². The number of fused-ring (bicyclic) bond motifs is 2. The number of carbonyl (C=O) groups excluding carboxylic acids is 1. The molecule has 3 aromatic carbocycles. The SMILES string of the molecule is C#CCn1c(=NC(=O)c2ccc3ccccc3c2)sc2cc(Cl)cc(Cl)c21. The summed E-state index contributed by atoms with van der Waals surface area (Å²) in [6, 6.07) is 16.8. The van der Waals surface area contributed by atoms with Crippen LogP contribution in [0.4, 0.5) is 0 Å². The summed E-state index contributed by atoms with van der Waals surface area (Å²) in [5, 5.41) is 3.05. The van der Waals surface area contributed by atoms with Gasteiger partial charge < -0.3 is 4.57 Å². The van der Waals surface area contributed by atoms with E-state index < -0.39 is 0 Å². The monoisotopic (exact) mass is 410 g/mol. The zero-order valence-corrected chi connectivity index (χ0v) is 16.3. The van der Waals surface area contributed by atoms with Crippen molar-refractivity contribution in [2.45, 2.75) is 6.54 Å². The van der Waals surface area contributed by atoms with Crippen molar-refractivity contribution in [2.24, 2.45) is 4.99 Å². The largest absolute Gasteiger partial charge is 0.303 e. The van der Waals surface area contributed by atoms with E-state index in [0.29, 0.717) is 20.4 Å². The second kappa shape index (κ2) is 7.21. The molecule has 4 aromatic rings. The van der Waals surface area contributed by atoms with Gasteiger partial charge in [-0.05, 0) is 35.0 Å². The van der Waals surface area contributed by atoms with E-state index in [4.69, 9.17) is 29.6 Å². The fourth-order valence-electron chi connectivity index (χ4n) is 2.93. The Bertz CT molecular complexity index is 1310. The van der Waals surface area contributed by atoms with Crippen LogP contribution in [0.15, 0.2) is 59.6 Å². The quantitative estimate of drug-likeness (QED) is 0.399. The van der Waals surface area contributed by atoms with E-state index >= 15 is 0 Å². The van der Waals surface area contributed by atoms with E-state index in [1.165, 1.54) is 11.3 Å². The number of aromatic nitrogens is 1. The van der Waals surface area contributed by atoms with Gasteiger partial charge in [-0.3, -0.25) is 4.79 Å². The van der Waals surface area contributed by atoms with Crippen LogP contribution < -0.4 is 4.80 Å². The van der Waals surface area contributed by atoms with Crippen LogP contribution in [0.5, 0.6) is 0 Å². The Hall–Kier alpha value is -2.58. The van der Waals surface area contributed by atoms with Crippen molar-refractivity contribution < 1.29 is 4.79 Å². The first-order valence-corrected chi connectivity index (χ1v) is 9.64. The molecular formula is C21H12Cl2N2OS. The van der Waals surface area contributed by atoms with Gasteiger partial charge >= 0.3 is 0 Å². The molecule has 0 N–H and O–H groups in total. The molecule has 132 valence electrons. The Morgan fingerprint density at radius 1 is 1.11 bits per heavy atom. The van der Waals surface area contributed by atoms with E-state index in [0.717, 1.165) is 21.0 Å². The molecule has 3 nitrogen and oxygen atoms in total. The summed E-state index contributed by atoms with van der Waals surface area (Å²) in [5.74, 6) is 2.26. The number of nitrogens with zero attached hydrogens (tertiary/aromatic N) is 2. The van der Waals surface area contributed by atoms with E-state index in [9.17, 15) is 4.79 Å². The Balaban J connectivity index is 1.88. The standard InChI is InChI=1S/C21H12Cl2N2OS/c1-2-9-25-19-17(23)11-16(22)12-18(19)27-21(25)24-20(26)15-8-7-13-5-3-4-6-14(13)10-15/h1,3-8,10-12H,9H2. The third-order valence-corrected chi connectivity index (χ3v) is 5.67. The fraction of sp³-hybridized carbons (Fsp3) is 0.0476. The van der Waals surface area contributed by atoms with Crippen molar-refractivity contribution in [3.05, 3.63) is 75.0 Å². The number of terminal acetylenes is 1. The van der Waals surface area contributed by atoms with Crippen molar-refractivity contribution >= 4 is 61.4 Å². The molecule has 0 saturated heterocycles. The first-order chi connectivity index (χ1) is 13.1. The molecule has 1 heterocycles. The maximum absolute atomic E-state index is 12.8. The molecule has 0 aliphatic rings. The average molecular weight is 411 g/mol. The van der Waals surface area contributed by atoms with Crippen LogP contribution in [0.3, 0.4) is 0 Å². The molecule has 1 aromatic heterocycles. The highest BCUT2D eigenvalue weighted by Gasteiger charge is 2.13. The lowest BCUT2D eigenvalue weighted by atomic mass is 10.1. The molecule has 0 saturated carbocycles. The van der Waals surface area contributed by atoms with Crippen LogP contribution in [-0.2, 0) is 6.54 Å². The molecular weight excluding hydrogens is 399 g/mol. The lowest BCUT2D eigenvalue weighted by Crippen LogP contribution is -2.16. The van der Waals surface area contributed by atoms with Gasteiger partial charge in [-0.2, -0.15) is 4.99 Å². The highest BCUT2D eigenvalue weighted by atomic mass is 35.5. The van der Waals surface area contributed by atoms with E-state index in [1.807, 2.05) is 36.4 Å². The maximum Gasteiger partial charge on any atom is 0.279 e. The maximum atomic E-state index is 12.8. The van der Waals surface area contributed by atoms with E-state index in [-0.39, 0.29) is 12.5 Å². The van der Waals surface area contributed by atoms with Gasteiger partial charge in [0.2, 0.25) is 0 Å². The van der Waals surface area contributed by atoms with Gasteiger partial charge in [0.15, 0.2) is 4.80 Å². The van der Waals surface area contributed by atoms with Gasteiger partial charge in [0.05, 0.1) is 21.8 Å². The first-order valence-electron chi connectivity index (χ1n) is 8.06. The van der Waals surface area contributed by atoms with Gasteiger partial charge in [0.1, 0.15) is 0 Å². The Morgan fingerprint density at radius 3 is 2.67 bits per heavy atom. The second-order valence-electron chi connectivity index (χ2n) is 5.89. The molecule has 0 atom stereocenters. The minimum absolute atomic E-state index is 0.255. The topological polar surface area (TPSA) is 34.4 Å². The van der Waals surface area contributed by atoms with Crippen molar-refractivity contribution in [3.8, 4) is 12.3 Å². The number of halogens is 2. The summed E-state index contributed by atoms with van der Waals surface area (Å²) in [4.78, 5) is 17.6. The molecule has 0 radical (unpaired) electrons. The third kappa shape index (κ3) is 3.38. The summed E-state index contributed by atoms with van der Waals surface area (Å²) in [7, 11) is 0. The van der Waals surface area contributed by atoms with Crippen molar-refractivity contribution in [1.82, 2.24) is 4.57 Å². The summed E-state index contributed by atoms with van der Waals surface area (Å²) in [6.45, 7) is 0.255. The van der Waals surface area contributed by atoms with Crippen LogP contribution in [0.25, 0.3) is 21.0 Å². The van der Waals surface area contributed by atoms with Crippen LogP contribution >= 0.6 is 34.5 Å². The number of amides is 1. The van der Waals surface area contributed by atoms with Crippen molar-refractivity contribution in [1.29, 1.82) is 0 Å². The van der Waals surface area contributed by atoms with E-state index in [2.05, 4.69) is 10.9 Å². The molecule has 0 bridgehead atoms. The smallest absolute Gasteiger partial charge is 0.279 e. The summed E-state index contributed by atoms with van der Waals surface area (Å²) in [5.41, 5.74) is 1.25. The van der Waals surface area contributed by atoms with Gasteiger partial charge in [-0.25, -0.2) is 0 Å². The minimum atomic E-state index is -0.333.